The third-order valence-corrected chi connectivity index (χ3v) is 2.97. The Morgan fingerprint density at radius 1 is 1.31 bits per heavy atom. The lowest BCUT2D eigenvalue weighted by molar-refractivity contribution is 0.484. The van der Waals surface area contributed by atoms with Crippen molar-refractivity contribution in [2.24, 2.45) is 0 Å². The smallest absolute Gasteiger partial charge is 0.106 e. The van der Waals surface area contributed by atoms with E-state index in [0.29, 0.717) is 6.04 Å². The van der Waals surface area contributed by atoms with E-state index in [-0.39, 0.29) is 0 Å². The van der Waals surface area contributed by atoms with Crippen molar-refractivity contribution < 1.29 is 4.42 Å². The van der Waals surface area contributed by atoms with Gasteiger partial charge in [-0.1, -0.05) is 12.5 Å². The van der Waals surface area contributed by atoms with Crippen LogP contribution in [0.1, 0.15) is 49.0 Å². The van der Waals surface area contributed by atoms with Crippen LogP contribution >= 0.6 is 0 Å². The van der Waals surface area contributed by atoms with E-state index in [9.17, 15) is 0 Å². The van der Waals surface area contributed by atoms with Gasteiger partial charge in [-0.05, 0) is 46.2 Å². The van der Waals surface area contributed by atoms with Gasteiger partial charge in [-0.15, -0.1) is 6.58 Å². The minimum atomic E-state index is 0.333. The van der Waals surface area contributed by atoms with Crippen molar-refractivity contribution in [3.63, 3.8) is 0 Å². The molecule has 0 amide bonds. The molecule has 0 aliphatic rings. The molecule has 1 heterocycles. The van der Waals surface area contributed by atoms with Gasteiger partial charge >= 0.3 is 0 Å². The molecule has 0 fully saturated rings. The molecule has 2 nitrogen and oxygen atoms in total. The fourth-order valence-corrected chi connectivity index (χ4v) is 2.19. The maximum absolute atomic E-state index is 5.68. The molecule has 1 N–H and O–H groups in total. The fourth-order valence-electron chi connectivity index (χ4n) is 2.19. The van der Waals surface area contributed by atoms with Gasteiger partial charge in [-0.3, -0.25) is 0 Å². The van der Waals surface area contributed by atoms with Crippen LogP contribution in [0.25, 0.3) is 0 Å². The Labute approximate surface area is 98.7 Å². The summed E-state index contributed by atoms with van der Waals surface area (Å²) in [5.41, 5.74) is 3.77. The summed E-state index contributed by atoms with van der Waals surface area (Å²) in [6, 6.07) is 0.333. The molecule has 0 saturated heterocycles. The molecule has 0 radical (unpaired) electrons. The predicted molar refractivity (Wildman–Crippen MR) is 68.8 cm³/mol. The van der Waals surface area contributed by atoms with Crippen LogP contribution in [0.5, 0.6) is 0 Å². The molecule has 0 aliphatic heterocycles. The highest BCUT2D eigenvalue weighted by Gasteiger charge is 2.20. The van der Waals surface area contributed by atoms with Gasteiger partial charge in [0.15, 0.2) is 0 Å². The van der Waals surface area contributed by atoms with E-state index in [1.54, 1.807) is 0 Å². The maximum Gasteiger partial charge on any atom is 0.106 e. The first-order chi connectivity index (χ1) is 7.47. The summed E-state index contributed by atoms with van der Waals surface area (Å²) in [7, 11) is 0. The zero-order valence-corrected chi connectivity index (χ0v) is 11.1. The second-order valence-corrected chi connectivity index (χ2v) is 4.52. The minimum Gasteiger partial charge on any atom is -0.466 e. The molecule has 1 atom stereocenters. The first-order valence-electron chi connectivity index (χ1n) is 5.91. The second kappa shape index (κ2) is 5.35. The van der Waals surface area contributed by atoms with Crippen molar-refractivity contribution in [2.75, 3.05) is 6.54 Å². The van der Waals surface area contributed by atoms with E-state index in [4.69, 9.17) is 4.42 Å². The largest absolute Gasteiger partial charge is 0.466 e. The normalized spacial score (nSPS) is 12.8. The van der Waals surface area contributed by atoms with Gasteiger partial charge in [0.05, 0.1) is 0 Å². The van der Waals surface area contributed by atoms with E-state index < -0.39 is 0 Å². The second-order valence-electron chi connectivity index (χ2n) is 4.52. The summed E-state index contributed by atoms with van der Waals surface area (Å²) in [4.78, 5) is 0. The van der Waals surface area contributed by atoms with Gasteiger partial charge in [-0.2, -0.15) is 0 Å². The number of nitrogens with one attached hydrogen (secondary N) is 1. The summed E-state index contributed by atoms with van der Waals surface area (Å²) in [6.07, 6.45) is 0.967. The van der Waals surface area contributed by atoms with Gasteiger partial charge in [0, 0.05) is 11.6 Å². The van der Waals surface area contributed by atoms with Crippen molar-refractivity contribution >= 4 is 0 Å². The third kappa shape index (κ3) is 2.76. The maximum atomic E-state index is 5.68. The van der Waals surface area contributed by atoms with Crippen molar-refractivity contribution in [1.82, 2.24) is 5.32 Å². The summed E-state index contributed by atoms with van der Waals surface area (Å²) in [6.45, 7) is 15.3. The van der Waals surface area contributed by atoms with Gasteiger partial charge < -0.3 is 9.73 Å². The number of rotatable bonds is 5. The Morgan fingerprint density at radius 3 is 2.31 bits per heavy atom. The highest BCUT2D eigenvalue weighted by molar-refractivity contribution is 5.35. The van der Waals surface area contributed by atoms with Crippen LogP contribution in [0.2, 0.25) is 0 Å². The first-order valence-corrected chi connectivity index (χ1v) is 5.91. The lowest BCUT2D eigenvalue weighted by Crippen LogP contribution is -2.22. The SMILES string of the molecule is C=C(C)CC(NCC)c1c(C)oc(C)c1C. The van der Waals surface area contributed by atoms with E-state index >= 15 is 0 Å². The Bertz CT molecular complexity index is 376. The predicted octanol–water partition coefficient (Wildman–Crippen LogP) is 3.82. The fraction of sp³-hybridized carbons (Fsp3) is 0.571. The van der Waals surface area contributed by atoms with E-state index in [0.717, 1.165) is 24.5 Å². The van der Waals surface area contributed by atoms with Gasteiger partial charge in [0.25, 0.3) is 0 Å². The van der Waals surface area contributed by atoms with Crippen LogP contribution < -0.4 is 5.32 Å². The van der Waals surface area contributed by atoms with Gasteiger partial charge in [-0.25, -0.2) is 0 Å². The lowest BCUT2D eigenvalue weighted by atomic mass is 9.97. The quantitative estimate of drug-likeness (QED) is 0.765. The monoisotopic (exact) mass is 221 g/mol. The van der Waals surface area contributed by atoms with Crippen LogP contribution in [-0.2, 0) is 0 Å². The molecular weight excluding hydrogens is 198 g/mol. The zero-order chi connectivity index (χ0) is 12.3. The molecule has 1 aromatic heterocycles. The molecule has 0 aromatic carbocycles. The first kappa shape index (κ1) is 13.0. The lowest BCUT2D eigenvalue weighted by Gasteiger charge is -2.18. The molecule has 0 saturated carbocycles. The average molecular weight is 221 g/mol. The minimum absolute atomic E-state index is 0.333. The summed E-state index contributed by atoms with van der Waals surface area (Å²) >= 11 is 0. The summed E-state index contributed by atoms with van der Waals surface area (Å²) in [5.74, 6) is 2.05. The summed E-state index contributed by atoms with van der Waals surface area (Å²) in [5, 5.41) is 3.50. The Hall–Kier alpha value is -1.02. The third-order valence-electron chi connectivity index (χ3n) is 2.97. The number of hydrogen-bond donors (Lipinski definition) is 1. The van der Waals surface area contributed by atoms with Crippen molar-refractivity contribution in [3.05, 3.63) is 34.8 Å². The molecule has 0 spiro atoms. The van der Waals surface area contributed by atoms with Crippen LogP contribution in [0.3, 0.4) is 0 Å². The standard InChI is InChI=1S/C14H23NO/c1-7-15-13(8-9(2)3)14-10(4)11(5)16-12(14)6/h13,15H,2,7-8H2,1,3-6H3. The van der Waals surface area contributed by atoms with Crippen molar-refractivity contribution in [1.29, 1.82) is 0 Å². The molecule has 1 rings (SSSR count). The number of furan rings is 1. The highest BCUT2D eigenvalue weighted by atomic mass is 16.3. The van der Waals surface area contributed by atoms with Crippen LogP contribution in [0.15, 0.2) is 16.6 Å². The Kier molecular flexibility index (Phi) is 4.36. The average Bonchev–Trinajstić information content (AvgIpc) is 2.40. The summed E-state index contributed by atoms with van der Waals surface area (Å²) < 4.78 is 5.68. The number of hydrogen-bond acceptors (Lipinski definition) is 2. The van der Waals surface area contributed by atoms with Crippen LogP contribution in [-0.4, -0.2) is 6.54 Å². The van der Waals surface area contributed by atoms with Crippen LogP contribution in [0.4, 0.5) is 0 Å². The van der Waals surface area contributed by atoms with E-state index in [1.165, 1.54) is 16.7 Å². The molecular formula is C14H23NO. The number of aryl methyl sites for hydroxylation is 2. The van der Waals surface area contributed by atoms with Gasteiger partial charge in [0.1, 0.15) is 11.5 Å². The Morgan fingerprint density at radius 2 is 1.94 bits per heavy atom. The molecule has 90 valence electrons. The molecule has 16 heavy (non-hydrogen) atoms. The molecule has 1 unspecified atom stereocenters. The van der Waals surface area contributed by atoms with Crippen molar-refractivity contribution in [2.45, 2.75) is 47.1 Å². The van der Waals surface area contributed by atoms with E-state index in [2.05, 4.69) is 32.7 Å². The topological polar surface area (TPSA) is 25.2 Å². The zero-order valence-electron chi connectivity index (χ0n) is 11.1. The van der Waals surface area contributed by atoms with E-state index in [1.807, 2.05) is 13.8 Å². The van der Waals surface area contributed by atoms with Crippen LogP contribution in [0, 0.1) is 20.8 Å². The molecule has 0 aliphatic carbocycles. The van der Waals surface area contributed by atoms with Gasteiger partial charge in [0.2, 0.25) is 0 Å². The molecule has 0 bridgehead atoms. The van der Waals surface area contributed by atoms with Crippen molar-refractivity contribution in [3.8, 4) is 0 Å². The molecule has 2 heteroatoms. The highest BCUT2D eigenvalue weighted by Crippen LogP contribution is 2.30. The molecule has 1 aromatic rings. The Balaban J connectivity index is 3.04.